The first-order chi connectivity index (χ1) is 15.8. The normalized spacial score (nSPS) is 16.5. The number of thiazole rings is 1. The fourth-order valence-corrected chi connectivity index (χ4v) is 5.33. The van der Waals surface area contributed by atoms with Crippen LogP contribution in [-0.2, 0) is 9.47 Å². The minimum absolute atomic E-state index is 0.0642. The van der Waals surface area contributed by atoms with Gasteiger partial charge in [-0.1, -0.05) is 23.2 Å². The van der Waals surface area contributed by atoms with Crippen LogP contribution in [0.4, 0.5) is 9.18 Å². The summed E-state index contributed by atoms with van der Waals surface area (Å²) in [5.41, 5.74) is 6.42. The lowest BCUT2D eigenvalue weighted by molar-refractivity contribution is 0.00981. The third-order valence-corrected chi connectivity index (χ3v) is 7.06. The van der Waals surface area contributed by atoms with Crippen LogP contribution in [0.5, 0.6) is 5.75 Å². The molecular formula is C22H22Cl2FN3O4S. The number of morpholine rings is 1. The molecule has 0 radical (unpaired) electrons. The summed E-state index contributed by atoms with van der Waals surface area (Å²) in [4.78, 5) is 18.3. The van der Waals surface area contributed by atoms with E-state index >= 15 is 0 Å². The van der Waals surface area contributed by atoms with Gasteiger partial charge in [0, 0.05) is 30.2 Å². The predicted octanol–water partition coefficient (Wildman–Crippen LogP) is 5.35. The number of amides is 1. The maximum absolute atomic E-state index is 13.9. The van der Waals surface area contributed by atoms with Gasteiger partial charge in [-0.3, -0.25) is 4.90 Å². The number of carbonyl (C=O) groups is 1. The fraction of sp³-hybridized carbons (Fsp3) is 0.364. The van der Waals surface area contributed by atoms with Gasteiger partial charge in [0.1, 0.15) is 22.7 Å². The van der Waals surface area contributed by atoms with Crippen LogP contribution in [0.25, 0.3) is 10.2 Å². The van der Waals surface area contributed by atoms with Gasteiger partial charge in [0.25, 0.3) is 0 Å². The van der Waals surface area contributed by atoms with Crippen molar-refractivity contribution in [3.05, 3.63) is 56.8 Å². The molecule has 2 unspecified atom stereocenters. The molecule has 2 aromatic carbocycles. The van der Waals surface area contributed by atoms with E-state index in [0.29, 0.717) is 41.1 Å². The number of halogens is 3. The zero-order valence-electron chi connectivity index (χ0n) is 17.7. The molecule has 1 saturated heterocycles. The average Bonchev–Trinajstić information content (AvgIpc) is 3.20. The number of hydrogen-bond acceptors (Lipinski definition) is 7. The van der Waals surface area contributed by atoms with E-state index in [1.807, 2.05) is 12.1 Å². The lowest BCUT2D eigenvalue weighted by Crippen LogP contribution is -2.40. The van der Waals surface area contributed by atoms with Gasteiger partial charge in [-0.2, -0.15) is 0 Å². The second-order valence-electron chi connectivity index (χ2n) is 7.54. The molecule has 7 nitrogen and oxygen atoms in total. The summed E-state index contributed by atoms with van der Waals surface area (Å²) in [6.07, 6.45) is -2.03. The summed E-state index contributed by atoms with van der Waals surface area (Å²) in [7, 11) is 0. The van der Waals surface area contributed by atoms with Gasteiger partial charge in [-0.05, 0) is 37.3 Å². The molecule has 1 aliphatic heterocycles. The Morgan fingerprint density at radius 3 is 2.79 bits per heavy atom. The minimum atomic E-state index is -0.853. The zero-order chi connectivity index (χ0) is 23.5. The lowest BCUT2D eigenvalue weighted by Gasteiger charge is -2.29. The summed E-state index contributed by atoms with van der Waals surface area (Å²) in [5.74, 6) is -0.0167. The highest BCUT2D eigenvalue weighted by atomic mass is 35.5. The smallest absolute Gasteiger partial charge is 0.405 e. The summed E-state index contributed by atoms with van der Waals surface area (Å²) >= 11 is 13.7. The van der Waals surface area contributed by atoms with Crippen molar-refractivity contribution in [3.8, 4) is 5.75 Å². The summed E-state index contributed by atoms with van der Waals surface area (Å²) in [5, 5.41) is 0.895. The number of fused-ring (bicyclic) bond motifs is 1. The molecule has 176 valence electrons. The molecule has 1 amide bonds. The number of benzene rings is 2. The Labute approximate surface area is 204 Å². The van der Waals surface area contributed by atoms with Crippen molar-refractivity contribution in [1.29, 1.82) is 0 Å². The van der Waals surface area contributed by atoms with E-state index in [9.17, 15) is 9.18 Å². The molecule has 0 saturated carbocycles. The van der Waals surface area contributed by atoms with Crippen molar-refractivity contribution in [3.63, 3.8) is 0 Å². The molecule has 1 aromatic heterocycles. The van der Waals surface area contributed by atoms with Crippen molar-refractivity contribution in [2.45, 2.75) is 19.1 Å². The van der Waals surface area contributed by atoms with E-state index in [-0.39, 0.29) is 5.02 Å². The first-order valence-corrected chi connectivity index (χ1v) is 11.9. The lowest BCUT2D eigenvalue weighted by atomic mass is 10.1. The molecule has 4 rings (SSSR count). The molecule has 33 heavy (non-hydrogen) atoms. The average molecular weight is 514 g/mol. The van der Waals surface area contributed by atoms with Gasteiger partial charge >= 0.3 is 6.09 Å². The van der Waals surface area contributed by atoms with Crippen molar-refractivity contribution >= 4 is 50.8 Å². The van der Waals surface area contributed by atoms with E-state index in [1.165, 1.54) is 23.5 Å². The largest absolute Gasteiger partial charge is 0.486 e. The van der Waals surface area contributed by atoms with Crippen LogP contribution >= 0.6 is 34.5 Å². The van der Waals surface area contributed by atoms with Crippen LogP contribution in [0.1, 0.15) is 29.7 Å². The topological polar surface area (TPSA) is 86.9 Å². The number of carbonyl (C=O) groups excluding carboxylic acids is 1. The van der Waals surface area contributed by atoms with Gasteiger partial charge < -0.3 is 19.9 Å². The van der Waals surface area contributed by atoms with Crippen molar-refractivity contribution < 1.29 is 23.4 Å². The first kappa shape index (κ1) is 24.0. The van der Waals surface area contributed by atoms with Crippen LogP contribution in [0, 0.1) is 5.82 Å². The molecule has 1 aliphatic rings. The van der Waals surface area contributed by atoms with Crippen LogP contribution in [0.3, 0.4) is 0 Å². The fourth-order valence-electron chi connectivity index (χ4n) is 3.64. The number of nitrogens with two attached hydrogens (primary N) is 1. The third kappa shape index (κ3) is 5.67. The third-order valence-electron chi connectivity index (χ3n) is 5.24. The molecule has 2 heterocycles. The maximum atomic E-state index is 13.9. The summed E-state index contributed by atoms with van der Waals surface area (Å²) in [6.45, 7) is 4.95. The van der Waals surface area contributed by atoms with Crippen LogP contribution in [0.15, 0.2) is 30.3 Å². The van der Waals surface area contributed by atoms with Crippen LogP contribution in [0.2, 0.25) is 10.0 Å². The molecule has 0 bridgehead atoms. The molecule has 11 heteroatoms. The van der Waals surface area contributed by atoms with Crippen molar-refractivity contribution in [1.82, 2.24) is 9.88 Å². The highest BCUT2D eigenvalue weighted by Gasteiger charge is 2.25. The minimum Gasteiger partial charge on any atom is -0.486 e. The molecule has 2 atom stereocenters. The second kappa shape index (κ2) is 10.4. The van der Waals surface area contributed by atoms with E-state index in [4.69, 9.17) is 43.1 Å². The van der Waals surface area contributed by atoms with Gasteiger partial charge in [0.15, 0.2) is 6.10 Å². The molecule has 3 aromatic rings. The number of nitrogens with zero attached hydrogens (tertiary/aromatic N) is 2. The quantitative estimate of drug-likeness (QED) is 0.428. The number of aromatic nitrogens is 1. The molecule has 0 spiro atoms. The highest BCUT2D eigenvalue weighted by Crippen LogP contribution is 2.37. The Kier molecular flexibility index (Phi) is 7.55. The van der Waals surface area contributed by atoms with E-state index in [0.717, 1.165) is 23.3 Å². The molecule has 0 aliphatic carbocycles. The van der Waals surface area contributed by atoms with Crippen molar-refractivity contribution in [2.75, 3.05) is 32.8 Å². The summed E-state index contributed by atoms with van der Waals surface area (Å²) in [6, 6.07) is 8.05. The van der Waals surface area contributed by atoms with Gasteiger partial charge in [0.05, 0.1) is 28.5 Å². The highest BCUT2D eigenvalue weighted by molar-refractivity contribution is 7.18. The Morgan fingerprint density at radius 2 is 2.06 bits per heavy atom. The van der Waals surface area contributed by atoms with E-state index in [1.54, 1.807) is 13.0 Å². The molecule has 1 fully saturated rings. The Bertz CT molecular complexity index is 1160. The maximum Gasteiger partial charge on any atom is 0.405 e. The zero-order valence-corrected chi connectivity index (χ0v) is 20.1. The first-order valence-electron chi connectivity index (χ1n) is 10.3. The van der Waals surface area contributed by atoms with Gasteiger partial charge in [0.2, 0.25) is 0 Å². The van der Waals surface area contributed by atoms with Gasteiger partial charge in [-0.25, -0.2) is 14.2 Å². The standard InChI is InChI=1S/C22H22Cl2FN3O4S/c1-12(19-14(23)3-4-15(25)20(19)24)31-13-2-5-16-18(10-13)33-21(27-16)17(32-22(26)29)11-28-6-8-30-9-7-28/h2-5,10,12,17H,6-9,11H2,1H3,(H2,26,29). The van der Waals surface area contributed by atoms with E-state index in [2.05, 4.69) is 9.88 Å². The second-order valence-corrected chi connectivity index (χ2v) is 9.38. The monoisotopic (exact) mass is 513 g/mol. The predicted molar refractivity (Wildman–Crippen MR) is 126 cm³/mol. The van der Waals surface area contributed by atoms with Gasteiger partial charge in [-0.15, -0.1) is 11.3 Å². The molecular weight excluding hydrogens is 492 g/mol. The van der Waals surface area contributed by atoms with Crippen LogP contribution in [-0.4, -0.2) is 48.8 Å². The Hall–Kier alpha value is -2.17. The Balaban J connectivity index is 1.56. The Morgan fingerprint density at radius 1 is 1.30 bits per heavy atom. The number of primary amides is 1. The number of ether oxygens (including phenoxy) is 3. The van der Waals surface area contributed by atoms with E-state index < -0.39 is 24.1 Å². The SMILES string of the molecule is CC(Oc1ccc2nc(C(CN3CCOCC3)OC(N)=O)sc2c1)c1c(Cl)ccc(F)c1Cl. The number of hydrogen-bond donors (Lipinski definition) is 1. The summed E-state index contributed by atoms with van der Waals surface area (Å²) < 4.78 is 31.5. The van der Waals surface area contributed by atoms with Crippen LogP contribution < -0.4 is 10.5 Å². The van der Waals surface area contributed by atoms with Crippen molar-refractivity contribution in [2.24, 2.45) is 5.73 Å². The molecule has 2 N–H and O–H groups in total. The number of rotatable bonds is 7.